The fourth-order valence-electron chi connectivity index (χ4n) is 3.54. The minimum atomic E-state index is -0.768. The molecule has 1 heterocycles. The van der Waals surface area contributed by atoms with Crippen molar-refractivity contribution in [2.24, 2.45) is 0 Å². The van der Waals surface area contributed by atoms with Crippen LogP contribution in [0.15, 0.2) is 78.4 Å². The fourth-order valence-corrected chi connectivity index (χ4v) is 3.54. The number of barbiturate groups is 1. The highest BCUT2D eigenvalue weighted by Gasteiger charge is 2.37. The molecule has 3 aromatic carbocycles. The van der Waals surface area contributed by atoms with Gasteiger partial charge >= 0.3 is 6.03 Å². The molecule has 3 aromatic rings. The van der Waals surface area contributed by atoms with Gasteiger partial charge in [-0.3, -0.25) is 14.9 Å². The predicted octanol–water partition coefficient (Wildman–Crippen LogP) is 4.55. The van der Waals surface area contributed by atoms with E-state index in [0.29, 0.717) is 23.6 Å². The third-order valence-electron chi connectivity index (χ3n) is 5.15. The second-order valence-electron chi connectivity index (χ2n) is 7.56. The van der Waals surface area contributed by atoms with Gasteiger partial charge in [-0.1, -0.05) is 66.2 Å². The van der Waals surface area contributed by atoms with Crippen LogP contribution in [0.4, 0.5) is 10.5 Å². The van der Waals surface area contributed by atoms with Gasteiger partial charge in [-0.25, -0.2) is 9.69 Å². The Morgan fingerprint density at radius 2 is 1.66 bits per heavy atom. The zero-order chi connectivity index (χ0) is 22.7. The molecule has 1 fully saturated rings. The number of amides is 4. The van der Waals surface area contributed by atoms with Crippen LogP contribution in [0.3, 0.4) is 0 Å². The first-order chi connectivity index (χ1) is 15.4. The normalized spacial score (nSPS) is 15.1. The van der Waals surface area contributed by atoms with Crippen LogP contribution in [0, 0.1) is 13.8 Å². The molecule has 32 heavy (non-hydrogen) atoms. The predicted molar refractivity (Wildman–Crippen MR) is 122 cm³/mol. The lowest BCUT2D eigenvalue weighted by Gasteiger charge is -2.27. The first-order valence-corrected chi connectivity index (χ1v) is 10.2. The van der Waals surface area contributed by atoms with Crippen molar-refractivity contribution in [3.05, 3.63) is 101 Å². The van der Waals surface area contributed by atoms with E-state index in [-0.39, 0.29) is 5.57 Å². The Labute approximate surface area is 186 Å². The Morgan fingerprint density at radius 1 is 0.906 bits per heavy atom. The first kappa shape index (κ1) is 21.1. The number of nitrogens with one attached hydrogen (secondary N) is 1. The van der Waals surface area contributed by atoms with E-state index in [1.165, 1.54) is 6.08 Å². The van der Waals surface area contributed by atoms with Crippen molar-refractivity contribution >= 4 is 29.6 Å². The number of nitrogens with zero attached hydrogens (tertiary/aromatic N) is 1. The van der Waals surface area contributed by atoms with Crippen molar-refractivity contribution in [3.8, 4) is 5.75 Å². The van der Waals surface area contributed by atoms with Gasteiger partial charge in [0.2, 0.25) is 0 Å². The molecule has 6 heteroatoms. The average molecular weight is 426 g/mol. The second-order valence-corrected chi connectivity index (χ2v) is 7.56. The van der Waals surface area contributed by atoms with E-state index in [9.17, 15) is 14.4 Å². The van der Waals surface area contributed by atoms with Crippen LogP contribution < -0.4 is 15.0 Å². The second kappa shape index (κ2) is 8.89. The van der Waals surface area contributed by atoms with Gasteiger partial charge in [0, 0.05) is 5.56 Å². The summed E-state index contributed by atoms with van der Waals surface area (Å²) in [6.45, 7) is 4.15. The Bertz CT molecular complexity index is 1250. The topological polar surface area (TPSA) is 75.7 Å². The number of carbonyl (C=O) groups excluding carboxylic acids is 3. The lowest BCUT2D eigenvalue weighted by Crippen LogP contribution is -2.54. The fraction of sp³-hybridized carbons (Fsp3) is 0.115. The van der Waals surface area contributed by atoms with Crippen molar-refractivity contribution in [1.29, 1.82) is 0 Å². The van der Waals surface area contributed by atoms with E-state index < -0.39 is 17.8 Å². The summed E-state index contributed by atoms with van der Waals surface area (Å²) in [6.07, 6.45) is 1.46. The van der Waals surface area contributed by atoms with E-state index in [2.05, 4.69) is 5.32 Å². The minimum Gasteiger partial charge on any atom is -0.488 e. The third-order valence-corrected chi connectivity index (χ3v) is 5.15. The zero-order valence-electron chi connectivity index (χ0n) is 17.8. The molecule has 0 aliphatic carbocycles. The van der Waals surface area contributed by atoms with Crippen molar-refractivity contribution in [2.45, 2.75) is 20.5 Å². The molecule has 0 bridgehead atoms. The van der Waals surface area contributed by atoms with Gasteiger partial charge in [0.25, 0.3) is 11.8 Å². The number of hydrogen-bond acceptors (Lipinski definition) is 4. The van der Waals surface area contributed by atoms with E-state index in [4.69, 9.17) is 4.74 Å². The average Bonchev–Trinajstić information content (AvgIpc) is 2.77. The number of para-hydroxylation sites is 2. The molecular weight excluding hydrogens is 404 g/mol. The molecule has 0 spiro atoms. The molecular formula is C26H22N2O4. The van der Waals surface area contributed by atoms with Crippen LogP contribution in [-0.4, -0.2) is 17.8 Å². The van der Waals surface area contributed by atoms with Crippen LogP contribution in [0.5, 0.6) is 5.75 Å². The SMILES string of the molecule is Cc1cccc(COc2ccccc2/C=C2\C(=O)NC(=O)N(c3ccccc3C)C2=O)c1. The molecule has 0 aromatic heterocycles. The Kier molecular flexibility index (Phi) is 5.85. The molecule has 6 nitrogen and oxygen atoms in total. The Morgan fingerprint density at radius 3 is 2.44 bits per heavy atom. The van der Waals surface area contributed by atoms with Gasteiger partial charge in [0.05, 0.1) is 5.69 Å². The number of carbonyl (C=O) groups is 3. The molecule has 1 N–H and O–H groups in total. The summed E-state index contributed by atoms with van der Waals surface area (Å²) >= 11 is 0. The summed E-state index contributed by atoms with van der Waals surface area (Å²) in [4.78, 5) is 39.1. The molecule has 0 atom stereocenters. The Hall–Kier alpha value is -4.19. The summed E-state index contributed by atoms with van der Waals surface area (Å²) in [7, 11) is 0. The molecule has 4 rings (SSSR count). The van der Waals surface area contributed by atoms with Gasteiger partial charge in [0.1, 0.15) is 17.9 Å². The maximum absolute atomic E-state index is 13.2. The van der Waals surface area contributed by atoms with E-state index >= 15 is 0 Å². The molecule has 1 aliphatic heterocycles. The molecule has 0 unspecified atom stereocenters. The lowest BCUT2D eigenvalue weighted by molar-refractivity contribution is -0.122. The van der Waals surface area contributed by atoms with Crippen LogP contribution in [0.2, 0.25) is 0 Å². The number of aryl methyl sites for hydroxylation is 2. The quantitative estimate of drug-likeness (QED) is 0.480. The van der Waals surface area contributed by atoms with E-state index in [1.807, 2.05) is 43.3 Å². The summed E-state index contributed by atoms with van der Waals surface area (Å²) < 4.78 is 5.97. The monoisotopic (exact) mass is 426 g/mol. The maximum Gasteiger partial charge on any atom is 0.335 e. The van der Waals surface area contributed by atoms with E-state index in [0.717, 1.165) is 21.6 Å². The third kappa shape index (κ3) is 4.30. The zero-order valence-corrected chi connectivity index (χ0v) is 17.8. The molecule has 1 saturated heterocycles. The molecule has 0 radical (unpaired) electrons. The number of hydrogen-bond donors (Lipinski definition) is 1. The number of urea groups is 1. The smallest absolute Gasteiger partial charge is 0.335 e. The number of rotatable bonds is 5. The largest absolute Gasteiger partial charge is 0.488 e. The van der Waals surface area contributed by atoms with Crippen molar-refractivity contribution in [1.82, 2.24) is 5.32 Å². The van der Waals surface area contributed by atoms with Gasteiger partial charge in [-0.05, 0) is 43.2 Å². The van der Waals surface area contributed by atoms with Gasteiger partial charge in [-0.15, -0.1) is 0 Å². The van der Waals surface area contributed by atoms with Gasteiger partial charge < -0.3 is 4.74 Å². The molecule has 0 saturated carbocycles. The summed E-state index contributed by atoms with van der Waals surface area (Å²) in [5.74, 6) is -0.888. The van der Waals surface area contributed by atoms with E-state index in [1.54, 1.807) is 43.3 Å². The number of ether oxygens (including phenoxy) is 1. The van der Waals surface area contributed by atoms with Crippen LogP contribution in [0.25, 0.3) is 6.08 Å². The number of imide groups is 2. The lowest BCUT2D eigenvalue weighted by atomic mass is 10.0. The maximum atomic E-state index is 13.2. The minimum absolute atomic E-state index is 0.139. The van der Waals surface area contributed by atoms with Crippen LogP contribution in [0.1, 0.15) is 22.3 Å². The summed E-state index contributed by atoms with van der Waals surface area (Å²) in [6, 6.07) is 21.4. The van der Waals surface area contributed by atoms with Crippen molar-refractivity contribution < 1.29 is 19.1 Å². The Balaban J connectivity index is 1.65. The summed E-state index contributed by atoms with van der Waals surface area (Å²) in [5, 5.41) is 2.26. The van der Waals surface area contributed by atoms with Crippen molar-refractivity contribution in [3.63, 3.8) is 0 Å². The molecule has 1 aliphatic rings. The first-order valence-electron chi connectivity index (χ1n) is 10.2. The number of benzene rings is 3. The van der Waals surface area contributed by atoms with Gasteiger partial charge in [-0.2, -0.15) is 0 Å². The molecule has 4 amide bonds. The highest BCUT2D eigenvalue weighted by atomic mass is 16.5. The summed E-state index contributed by atoms with van der Waals surface area (Å²) in [5.41, 5.74) is 3.74. The standard InChI is InChI=1S/C26H22N2O4/c1-17-8-7-10-19(14-17)16-32-23-13-6-4-11-20(23)15-21-24(29)27-26(31)28(25(21)30)22-12-5-3-9-18(22)2/h3-15H,16H2,1-2H3,(H,27,29,31)/b21-15+. The highest BCUT2D eigenvalue weighted by Crippen LogP contribution is 2.27. The van der Waals surface area contributed by atoms with Crippen LogP contribution >= 0.6 is 0 Å². The van der Waals surface area contributed by atoms with Crippen LogP contribution in [-0.2, 0) is 16.2 Å². The number of anilines is 1. The molecule has 160 valence electrons. The van der Waals surface area contributed by atoms with Gasteiger partial charge in [0.15, 0.2) is 0 Å². The van der Waals surface area contributed by atoms with Crippen molar-refractivity contribution in [2.75, 3.05) is 4.90 Å². The highest BCUT2D eigenvalue weighted by molar-refractivity contribution is 6.39.